The highest BCUT2D eigenvalue weighted by atomic mass is 16.5. The molecule has 2 N–H and O–H groups in total. The largest absolute Gasteiger partial charge is 0.490 e. The molecule has 0 radical (unpaired) electrons. The van der Waals surface area contributed by atoms with E-state index in [0.717, 1.165) is 5.56 Å². The predicted molar refractivity (Wildman–Crippen MR) is 103 cm³/mol. The van der Waals surface area contributed by atoms with Crippen molar-refractivity contribution < 1.29 is 23.8 Å². The summed E-state index contributed by atoms with van der Waals surface area (Å²) in [5.74, 6) is 1.12. The normalized spacial score (nSPS) is 10.0. The number of hydrogen-bond donors (Lipinski definition) is 2. The van der Waals surface area contributed by atoms with E-state index in [1.54, 1.807) is 30.3 Å². The highest BCUT2D eigenvalue weighted by Crippen LogP contribution is 2.30. The smallest absolute Gasteiger partial charge is 0.325 e. The number of imide groups is 1. The number of carbonyl (C=O) groups excluding carboxylic acids is 2. The second-order valence-electron chi connectivity index (χ2n) is 5.63. The summed E-state index contributed by atoms with van der Waals surface area (Å²) in [4.78, 5) is 23.8. The van der Waals surface area contributed by atoms with Crippen LogP contribution in [0.1, 0.15) is 19.4 Å². The van der Waals surface area contributed by atoms with Crippen molar-refractivity contribution in [2.45, 2.75) is 20.8 Å². The summed E-state index contributed by atoms with van der Waals surface area (Å²) in [5, 5.41) is 4.80. The minimum atomic E-state index is -0.654. The van der Waals surface area contributed by atoms with Crippen LogP contribution in [0.25, 0.3) is 0 Å². The van der Waals surface area contributed by atoms with Crippen molar-refractivity contribution in [1.82, 2.24) is 5.32 Å². The molecule has 0 atom stereocenters. The Bertz CT molecular complexity index is 774. The van der Waals surface area contributed by atoms with Crippen molar-refractivity contribution in [3.63, 3.8) is 0 Å². The van der Waals surface area contributed by atoms with Gasteiger partial charge in [-0.25, -0.2) is 4.79 Å². The lowest BCUT2D eigenvalue weighted by molar-refractivity contribution is -0.121. The first kappa shape index (κ1) is 20.1. The lowest BCUT2D eigenvalue weighted by Gasteiger charge is -2.13. The second-order valence-corrected chi connectivity index (χ2v) is 5.63. The maximum Gasteiger partial charge on any atom is 0.325 e. The number of ether oxygens (including phenoxy) is 3. The van der Waals surface area contributed by atoms with Crippen molar-refractivity contribution in [2.75, 3.05) is 25.1 Å². The van der Waals surface area contributed by atoms with E-state index < -0.39 is 11.9 Å². The van der Waals surface area contributed by atoms with Gasteiger partial charge in [0.1, 0.15) is 5.75 Å². The molecule has 0 spiro atoms. The van der Waals surface area contributed by atoms with Crippen LogP contribution in [0.3, 0.4) is 0 Å². The third-order valence-corrected chi connectivity index (χ3v) is 3.45. The fourth-order valence-electron chi connectivity index (χ4n) is 2.24. The van der Waals surface area contributed by atoms with Gasteiger partial charge in [-0.3, -0.25) is 10.1 Å². The van der Waals surface area contributed by atoms with Crippen LogP contribution in [0.15, 0.2) is 42.5 Å². The van der Waals surface area contributed by atoms with Gasteiger partial charge in [-0.1, -0.05) is 17.7 Å². The molecule has 0 fully saturated rings. The highest BCUT2D eigenvalue weighted by molar-refractivity contribution is 6.01. The van der Waals surface area contributed by atoms with Crippen LogP contribution in [0.5, 0.6) is 17.2 Å². The Morgan fingerprint density at radius 3 is 2.22 bits per heavy atom. The summed E-state index contributed by atoms with van der Waals surface area (Å²) < 4.78 is 16.3. The van der Waals surface area contributed by atoms with Gasteiger partial charge < -0.3 is 19.5 Å². The predicted octanol–water partition coefficient (Wildman–Crippen LogP) is 3.52. The molecule has 144 valence electrons. The Morgan fingerprint density at radius 1 is 0.889 bits per heavy atom. The standard InChI is InChI=1S/C20H24N2O5/c1-4-25-17-11-8-15(12-18(17)26-5-2)21-20(24)22-19(23)13-27-16-9-6-14(3)7-10-16/h6-12H,4-5,13H2,1-3H3,(H2,21,22,23,24). The van der Waals surface area contributed by atoms with Gasteiger partial charge in [0.15, 0.2) is 18.1 Å². The van der Waals surface area contributed by atoms with E-state index in [1.807, 2.05) is 32.9 Å². The third kappa shape index (κ3) is 6.54. The molecule has 0 bridgehead atoms. The average molecular weight is 372 g/mol. The molecule has 0 unspecified atom stereocenters. The van der Waals surface area contributed by atoms with Crippen molar-refractivity contribution in [2.24, 2.45) is 0 Å². The molecule has 2 aromatic carbocycles. The molecule has 3 amide bonds. The highest BCUT2D eigenvalue weighted by Gasteiger charge is 2.11. The average Bonchev–Trinajstić information content (AvgIpc) is 2.63. The first-order valence-corrected chi connectivity index (χ1v) is 8.71. The number of nitrogens with one attached hydrogen (secondary N) is 2. The van der Waals surface area contributed by atoms with Crippen LogP contribution in [-0.4, -0.2) is 31.8 Å². The summed E-state index contributed by atoms with van der Waals surface area (Å²) in [6, 6.07) is 11.6. The molecule has 0 heterocycles. The number of hydrogen-bond acceptors (Lipinski definition) is 5. The summed E-state index contributed by atoms with van der Waals surface area (Å²) in [6.45, 7) is 6.39. The molecule has 7 heteroatoms. The van der Waals surface area contributed by atoms with Gasteiger partial charge >= 0.3 is 6.03 Å². The van der Waals surface area contributed by atoms with E-state index >= 15 is 0 Å². The lowest BCUT2D eigenvalue weighted by atomic mass is 10.2. The topological polar surface area (TPSA) is 85.9 Å². The van der Waals surface area contributed by atoms with Crippen LogP contribution < -0.4 is 24.8 Å². The fourth-order valence-corrected chi connectivity index (χ4v) is 2.24. The SMILES string of the molecule is CCOc1ccc(NC(=O)NC(=O)COc2ccc(C)cc2)cc1OCC. The van der Waals surface area contributed by atoms with Crippen LogP contribution >= 0.6 is 0 Å². The van der Waals surface area contributed by atoms with E-state index in [1.165, 1.54) is 0 Å². The van der Waals surface area contributed by atoms with Crippen molar-refractivity contribution >= 4 is 17.6 Å². The zero-order valence-electron chi connectivity index (χ0n) is 15.7. The van der Waals surface area contributed by atoms with E-state index in [-0.39, 0.29) is 6.61 Å². The molecule has 0 aliphatic rings. The number of anilines is 1. The van der Waals surface area contributed by atoms with Gasteiger partial charge in [-0.15, -0.1) is 0 Å². The first-order chi connectivity index (χ1) is 13.0. The zero-order valence-corrected chi connectivity index (χ0v) is 15.7. The first-order valence-electron chi connectivity index (χ1n) is 8.71. The van der Waals surface area contributed by atoms with Gasteiger partial charge in [-0.05, 0) is 45.0 Å². The Balaban J connectivity index is 1.87. The van der Waals surface area contributed by atoms with Gasteiger partial charge in [0.05, 0.1) is 13.2 Å². The number of rotatable bonds is 8. The number of amides is 3. The Hall–Kier alpha value is -3.22. The minimum absolute atomic E-state index is 0.260. The Morgan fingerprint density at radius 2 is 1.56 bits per heavy atom. The van der Waals surface area contributed by atoms with E-state index in [4.69, 9.17) is 14.2 Å². The number of urea groups is 1. The second kappa shape index (κ2) is 10.1. The summed E-state index contributed by atoms with van der Waals surface area (Å²) in [5.41, 5.74) is 1.57. The van der Waals surface area contributed by atoms with Crippen molar-refractivity contribution in [3.8, 4) is 17.2 Å². The van der Waals surface area contributed by atoms with Crippen LogP contribution in [0, 0.1) is 6.92 Å². The van der Waals surface area contributed by atoms with E-state index in [0.29, 0.717) is 36.1 Å². The zero-order chi connectivity index (χ0) is 19.6. The van der Waals surface area contributed by atoms with Crippen LogP contribution in [0.2, 0.25) is 0 Å². The van der Waals surface area contributed by atoms with Crippen LogP contribution in [0.4, 0.5) is 10.5 Å². The summed E-state index contributed by atoms with van der Waals surface area (Å²) in [7, 11) is 0. The Kier molecular flexibility index (Phi) is 7.49. The van der Waals surface area contributed by atoms with Gasteiger partial charge in [-0.2, -0.15) is 0 Å². The molecule has 0 aliphatic carbocycles. The van der Waals surface area contributed by atoms with Crippen molar-refractivity contribution in [3.05, 3.63) is 48.0 Å². The molecule has 27 heavy (non-hydrogen) atoms. The molecular weight excluding hydrogens is 348 g/mol. The van der Waals surface area contributed by atoms with E-state index in [9.17, 15) is 9.59 Å². The number of carbonyl (C=O) groups is 2. The quantitative estimate of drug-likeness (QED) is 0.740. The van der Waals surface area contributed by atoms with Crippen LogP contribution in [-0.2, 0) is 4.79 Å². The maximum atomic E-state index is 12.0. The molecule has 0 saturated heterocycles. The third-order valence-electron chi connectivity index (χ3n) is 3.45. The molecular formula is C20H24N2O5. The number of benzene rings is 2. The molecule has 0 aromatic heterocycles. The molecule has 2 rings (SSSR count). The molecule has 2 aromatic rings. The summed E-state index contributed by atoms with van der Waals surface area (Å²) in [6.07, 6.45) is 0. The maximum absolute atomic E-state index is 12.0. The Labute approximate surface area is 158 Å². The van der Waals surface area contributed by atoms with E-state index in [2.05, 4.69) is 10.6 Å². The van der Waals surface area contributed by atoms with Gasteiger partial charge in [0.25, 0.3) is 5.91 Å². The fraction of sp³-hybridized carbons (Fsp3) is 0.300. The van der Waals surface area contributed by atoms with Gasteiger partial charge in [0.2, 0.25) is 0 Å². The summed E-state index contributed by atoms with van der Waals surface area (Å²) >= 11 is 0. The molecule has 7 nitrogen and oxygen atoms in total. The minimum Gasteiger partial charge on any atom is -0.490 e. The molecule has 0 aliphatic heterocycles. The number of aryl methyl sites for hydroxylation is 1. The monoisotopic (exact) mass is 372 g/mol. The lowest BCUT2D eigenvalue weighted by Crippen LogP contribution is -2.37. The molecule has 0 saturated carbocycles. The van der Waals surface area contributed by atoms with Gasteiger partial charge in [0, 0.05) is 11.8 Å². The van der Waals surface area contributed by atoms with Crippen molar-refractivity contribution in [1.29, 1.82) is 0 Å².